The van der Waals surface area contributed by atoms with E-state index in [1.165, 1.54) is 0 Å². The smallest absolute Gasteiger partial charge is 0.127 e. The summed E-state index contributed by atoms with van der Waals surface area (Å²) in [6.45, 7) is 0. The summed E-state index contributed by atoms with van der Waals surface area (Å²) >= 11 is 0. The molecular weight excluding hydrogens is 224 g/mol. The van der Waals surface area contributed by atoms with Crippen molar-refractivity contribution in [3.05, 3.63) is 78.6 Å². The first-order chi connectivity index (χ1) is 8.88. The number of hydrogen-bond donors (Lipinski definition) is 1. The van der Waals surface area contributed by atoms with Crippen LogP contribution in [0.15, 0.2) is 73.0 Å². The van der Waals surface area contributed by atoms with Gasteiger partial charge in [-0.15, -0.1) is 0 Å². The third kappa shape index (κ3) is 3.52. The maximum Gasteiger partial charge on any atom is 0.127 e. The maximum atomic E-state index is 8.50. The highest BCUT2D eigenvalue weighted by molar-refractivity contribution is 5.52. The number of rotatable bonds is 4. The first-order valence-electron chi connectivity index (χ1n) is 5.69. The lowest BCUT2D eigenvalue weighted by molar-refractivity contribution is 0.474. The molecule has 0 bridgehead atoms. The number of aliphatic hydroxyl groups is 1. The second-order valence-electron chi connectivity index (χ2n) is 3.68. The largest absolute Gasteiger partial charge is 0.516 e. The van der Waals surface area contributed by atoms with Gasteiger partial charge in [-0.2, -0.15) is 0 Å². The summed E-state index contributed by atoms with van der Waals surface area (Å²) < 4.78 is 5.68. The van der Waals surface area contributed by atoms with Crippen molar-refractivity contribution >= 4 is 6.08 Å². The molecule has 0 amide bonds. The van der Waals surface area contributed by atoms with Gasteiger partial charge in [0.25, 0.3) is 0 Å². The molecule has 1 N–H and O–H groups in total. The van der Waals surface area contributed by atoms with Gasteiger partial charge < -0.3 is 9.84 Å². The van der Waals surface area contributed by atoms with Crippen LogP contribution in [0, 0.1) is 0 Å². The van der Waals surface area contributed by atoms with E-state index in [1.54, 1.807) is 12.2 Å². The van der Waals surface area contributed by atoms with Crippen LogP contribution in [0.2, 0.25) is 0 Å². The Morgan fingerprint density at radius 2 is 1.44 bits per heavy atom. The van der Waals surface area contributed by atoms with Gasteiger partial charge in [-0.3, -0.25) is 0 Å². The topological polar surface area (TPSA) is 29.5 Å². The van der Waals surface area contributed by atoms with E-state index in [-0.39, 0.29) is 0 Å². The molecule has 0 unspecified atom stereocenters. The average Bonchev–Trinajstić information content (AvgIpc) is 2.42. The predicted octanol–water partition coefficient (Wildman–Crippen LogP) is 4.56. The zero-order valence-corrected chi connectivity index (χ0v) is 9.86. The van der Waals surface area contributed by atoms with E-state index in [0.717, 1.165) is 23.3 Å². The molecule has 18 heavy (non-hydrogen) atoms. The van der Waals surface area contributed by atoms with E-state index in [0.29, 0.717) is 0 Å². The molecule has 2 aromatic rings. The Labute approximate surface area is 106 Å². The summed E-state index contributed by atoms with van der Waals surface area (Å²) in [5.74, 6) is 1.63. The Morgan fingerprint density at radius 1 is 0.778 bits per heavy atom. The van der Waals surface area contributed by atoms with Gasteiger partial charge >= 0.3 is 0 Å². The molecule has 2 aromatic carbocycles. The molecule has 0 spiro atoms. The molecule has 0 saturated carbocycles. The minimum absolute atomic E-state index is 0.802. The summed E-state index contributed by atoms with van der Waals surface area (Å²) in [5, 5.41) is 8.50. The van der Waals surface area contributed by atoms with Crippen LogP contribution in [-0.2, 0) is 0 Å². The molecule has 0 heterocycles. The normalized spacial score (nSPS) is 11.1. The molecule has 0 radical (unpaired) electrons. The molecule has 2 heteroatoms. The molecule has 2 rings (SSSR count). The highest BCUT2D eigenvalue weighted by atomic mass is 16.5. The number of hydrogen-bond acceptors (Lipinski definition) is 2. The highest BCUT2D eigenvalue weighted by Gasteiger charge is 1.95. The van der Waals surface area contributed by atoms with Crippen molar-refractivity contribution in [3.8, 4) is 11.5 Å². The molecule has 2 nitrogen and oxygen atoms in total. The maximum absolute atomic E-state index is 8.50. The van der Waals surface area contributed by atoms with E-state index < -0.39 is 0 Å². The highest BCUT2D eigenvalue weighted by Crippen LogP contribution is 2.21. The lowest BCUT2D eigenvalue weighted by Gasteiger charge is -2.05. The molecule has 0 atom stereocenters. The van der Waals surface area contributed by atoms with Crippen LogP contribution >= 0.6 is 0 Å². The number of aliphatic hydroxyl groups excluding tert-OH is 1. The molecule has 0 aromatic heterocycles. The van der Waals surface area contributed by atoms with Crippen molar-refractivity contribution in [2.45, 2.75) is 0 Å². The predicted molar refractivity (Wildman–Crippen MR) is 73.8 cm³/mol. The van der Waals surface area contributed by atoms with Crippen molar-refractivity contribution in [3.63, 3.8) is 0 Å². The first-order valence-corrected chi connectivity index (χ1v) is 5.69. The Kier molecular flexibility index (Phi) is 4.20. The Balaban J connectivity index is 2.04. The van der Waals surface area contributed by atoms with Gasteiger partial charge in [0.2, 0.25) is 0 Å². The van der Waals surface area contributed by atoms with Crippen molar-refractivity contribution in [1.82, 2.24) is 0 Å². The minimum atomic E-state index is 0.802. The second-order valence-corrected chi connectivity index (χ2v) is 3.68. The van der Waals surface area contributed by atoms with E-state index >= 15 is 0 Å². The molecule has 0 fully saturated rings. The molecular formula is C16H14O2. The van der Waals surface area contributed by atoms with E-state index in [9.17, 15) is 0 Å². The van der Waals surface area contributed by atoms with Crippen LogP contribution in [0.3, 0.4) is 0 Å². The number of benzene rings is 2. The van der Waals surface area contributed by atoms with Crippen molar-refractivity contribution < 1.29 is 9.84 Å². The summed E-state index contributed by atoms with van der Waals surface area (Å²) in [7, 11) is 0. The van der Waals surface area contributed by atoms with Crippen LogP contribution in [0.5, 0.6) is 11.5 Å². The summed E-state index contributed by atoms with van der Waals surface area (Å²) in [6.07, 6.45) is 6.24. The molecule has 0 aliphatic carbocycles. The van der Waals surface area contributed by atoms with Crippen LogP contribution < -0.4 is 4.74 Å². The lowest BCUT2D eigenvalue weighted by Crippen LogP contribution is -1.83. The monoisotopic (exact) mass is 238 g/mol. The minimum Gasteiger partial charge on any atom is -0.516 e. The van der Waals surface area contributed by atoms with E-state index in [4.69, 9.17) is 9.84 Å². The fraction of sp³-hybridized carbons (Fsp3) is 0. The number of ether oxygens (including phenoxy) is 1. The Morgan fingerprint density at radius 3 is 2.11 bits per heavy atom. The fourth-order valence-corrected chi connectivity index (χ4v) is 1.49. The van der Waals surface area contributed by atoms with Crippen LogP contribution in [0.4, 0.5) is 0 Å². The standard InChI is InChI=1S/C16H14O2/c17-13-5-4-6-14-9-11-16(12-10-14)18-15-7-2-1-3-8-15/h1-13,17H. The summed E-state index contributed by atoms with van der Waals surface area (Å²) in [5.41, 5.74) is 1.05. The van der Waals surface area contributed by atoms with Gasteiger partial charge in [0, 0.05) is 0 Å². The second kappa shape index (κ2) is 6.30. The Hall–Kier alpha value is -2.48. The van der Waals surface area contributed by atoms with Crippen molar-refractivity contribution in [2.75, 3.05) is 0 Å². The molecule has 0 aliphatic heterocycles. The molecule has 0 saturated heterocycles. The Bertz CT molecular complexity index is 525. The lowest BCUT2D eigenvalue weighted by atomic mass is 10.2. The van der Waals surface area contributed by atoms with Gasteiger partial charge in [-0.05, 0) is 35.9 Å². The fourth-order valence-electron chi connectivity index (χ4n) is 1.49. The first kappa shape index (κ1) is 12.0. The summed E-state index contributed by atoms with van der Waals surface area (Å²) in [4.78, 5) is 0. The molecule has 90 valence electrons. The third-order valence-electron chi connectivity index (χ3n) is 2.34. The summed E-state index contributed by atoms with van der Waals surface area (Å²) in [6, 6.07) is 17.4. The van der Waals surface area contributed by atoms with Crippen molar-refractivity contribution in [1.29, 1.82) is 0 Å². The zero-order chi connectivity index (χ0) is 12.6. The van der Waals surface area contributed by atoms with Gasteiger partial charge in [0.05, 0.1) is 6.26 Å². The van der Waals surface area contributed by atoms with Crippen LogP contribution in [0.25, 0.3) is 6.08 Å². The van der Waals surface area contributed by atoms with Gasteiger partial charge in [-0.1, -0.05) is 42.5 Å². The van der Waals surface area contributed by atoms with Gasteiger partial charge in [0.1, 0.15) is 11.5 Å². The number of allylic oxidation sites excluding steroid dienone is 2. The number of para-hydroxylation sites is 1. The van der Waals surface area contributed by atoms with Gasteiger partial charge in [-0.25, -0.2) is 0 Å². The van der Waals surface area contributed by atoms with Gasteiger partial charge in [0.15, 0.2) is 0 Å². The van der Waals surface area contributed by atoms with Crippen LogP contribution in [-0.4, -0.2) is 5.11 Å². The molecule has 0 aliphatic rings. The average molecular weight is 238 g/mol. The third-order valence-corrected chi connectivity index (χ3v) is 2.34. The quantitative estimate of drug-likeness (QED) is 0.624. The van der Waals surface area contributed by atoms with E-state index in [2.05, 4.69) is 0 Å². The zero-order valence-electron chi connectivity index (χ0n) is 9.86. The van der Waals surface area contributed by atoms with Crippen LogP contribution in [0.1, 0.15) is 5.56 Å². The SMILES string of the molecule is OC=CC=Cc1ccc(Oc2ccccc2)cc1. The van der Waals surface area contributed by atoms with E-state index in [1.807, 2.05) is 60.7 Å². The van der Waals surface area contributed by atoms with Crippen molar-refractivity contribution in [2.24, 2.45) is 0 Å².